The van der Waals surface area contributed by atoms with Crippen molar-refractivity contribution in [1.82, 2.24) is 28.9 Å². The molecule has 3 N–H and O–H groups in total. The molecule has 1 atom stereocenters. The molecule has 0 spiro atoms. The van der Waals surface area contributed by atoms with Gasteiger partial charge in [0.1, 0.15) is 35.0 Å². The first-order valence-corrected chi connectivity index (χ1v) is 15.1. The Kier molecular flexibility index (Phi) is 8.14. The number of aliphatic hydroxyl groups excluding tert-OH is 1. The summed E-state index contributed by atoms with van der Waals surface area (Å²) in [4.78, 5) is 39.9. The fourth-order valence-corrected chi connectivity index (χ4v) is 6.09. The van der Waals surface area contributed by atoms with Gasteiger partial charge >= 0.3 is 5.69 Å². The molecule has 2 aromatic heterocycles. The predicted molar refractivity (Wildman–Crippen MR) is 169 cm³/mol. The van der Waals surface area contributed by atoms with Gasteiger partial charge in [0.2, 0.25) is 0 Å². The largest absolute Gasteiger partial charge is 0.457 e. The SMILES string of the molecule is CC(C)(C=C(C#N)C(=O)N1CCC1Cn1c(=O)n(-c2ccc(Oc3ccccc3)cc2)c2c(N)ncnc21)N1CCC(O)CC1. The highest BCUT2D eigenvalue weighted by Crippen LogP contribution is 2.29. The molecule has 232 valence electrons. The second-order valence-electron chi connectivity index (χ2n) is 12.1. The van der Waals surface area contributed by atoms with E-state index in [1.807, 2.05) is 44.2 Å². The minimum atomic E-state index is -0.540. The van der Waals surface area contributed by atoms with Crippen LogP contribution in [0.5, 0.6) is 11.5 Å². The van der Waals surface area contributed by atoms with Crippen LogP contribution in [0.4, 0.5) is 5.82 Å². The fourth-order valence-electron chi connectivity index (χ4n) is 6.09. The number of benzene rings is 2. The lowest BCUT2D eigenvalue weighted by molar-refractivity contribution is -0.134. The lowest BCUT2D eigenvalue weighted by Crippen LogP contribution is -2.54. The van der Waals surface area contributed by atoms with Gasteiger partial charge in [0.25, 0.3) is 5.91 Å². The number of aliphatic hydroxyl groups is 1. The number of nitriles is 1. The van der Waals surface area contributed by atoms with E-state index in [0.29, 0.717) is 67.2 Å². The Hall–Kier alpha value is -4.99. The molecule has 0 radical (unpaired) electrons. The molecule has 1 amide bonds. The highest BCUT2D eigenvalue weighted by atomic mass is 16.5. The molecule has 45 heavy (non-hydrogen) atoms. The monoisotopic (exact) mass is 608 g/mol. The van der Waals surface area contributed by atoms with Crippen molar-refractivity contribution in [2.45, 2.75) is 57.3 Å². The number of amides is 1. The number of imidazole rings is 1. The number of fused-ring (bicyclic) bond motifs is 1. The Morgan fingerprint density at radius 2 is 1.76 bits per heavy atom. The molecule has 6 rings (SSSR count). The van der Waals surface area contributed by atoms with E-state index in [4.69, 9.17) is 10.5 Å². The number of carbonyl (C=O) groups is 1. The number of piperidine rings is 1. The topological polar surface area (TPSA) is 156 Å². The first-order valence-electron chi connectivity index (χ1n) is 15.1. The molecule has 2 aromatic carbocycles. The van der Waals surface area contributed by atoms with E-state index in [1.165, 1.54) is 15.5 Å². The maximum atomic E-state index is 13.9. The predicted octanol–water partition coefficient (Wildman–Crippen LogP) is 3.24. The van der Waals surface area contributed by atoms with Crippen molar-refractivity contribution in [3.05, 3.63) is 83.1 Å². The maximum Gasteiger partial charge on any atom is 0.335 e. The summed E-state index contributed by atoms with van der Waals surface area (Å²) in [6.45, 7) is 5.98. The molecule has 4 heterocycles. The van der Waals surface area contributed by atoms with E-state index < -0.39 is 5.54 Å². The van der Waals surface area contributed by atoms with Crippen LogP contribution in [0, 0.1) is 11.3 Å². The highest BCUT2D eigenvalue weighted by Gasteiger charge is 2.37. The average Bonchev–Trinajstić information content (AvgIpc) is 3.31. The molecule has 2 aliphatic heterocycles. The average molecular weight is 609 g/mol. The number of nitrogens with two attached hydrogens (primary N) is 1. The van der Waals surface area contributed by atoms with Gasteiger partial charge in [0, 0.05) is 31.7 Å². The van der Waals surface area contributed by atoms with Crippen molar-refractivity contribution in [3.8, 4) is 23.3 Å². The van der Waals surface area contributed by atoms with Crippen molar-refractivity contribution in [3.63, 3.8) is 0 Å². The number of nitrogens with zero attached hydrogens (tertiary/aromatic N) is 7. The summed E-state index contributed by atoms with van der Waals surface area (Å²) < 4.78 is 8.89. The molecule has 2 aliphatic rings. The molecule has 0 aliphatic carbocycles. The van der Waals surface area contributed by atoms with Crippen molar-refractivity contribution < 1.29 is 14.6 Å². The smallest absolute Gasteiger partial charge is 0.335 e. The number of carbonyl (C=O) groups excluding carboxylic acids is 1. The first-order chi connectivity index (χ1) is 21.7. The third-order valence-corrected chi connectivity index (χ3v) is 8.73. The number of nitrogen functional groups attached to an aromatic ring is 1. The zero-order valence-corrected chi connectivity index (χ0v) is 25.3. The van der Waals surface area contributed by atoms with Crippen LogP contribution in [0.1, 0.15) is 33.1 Å². The van der Waals surface area contributed by atoms with Crippen molar-refractivity contribution in [1.29, 1.82) is 5.26 Å². The number of aromatic nitrogens is 4. The number of hydrogen-bond acceptors (Lipinski definition) is 9. The summed E-state index contributed by atoms with van der Waals surface area (Å²) in [7, 11) is 0. The van der Waals surface area contributed by atoms with Gasteiger partial charge < -0.3 is 20.5 Å². The highest BCUT2D eigenvalue weighted by molar-refractivity contribution is 5.98. The van der Waals surface area contributed by atoms with Gasteiger partial charge in [0.15, 0.2) is 11.5 Å². The van der Waals surface area contributed by atoms with Crippen molar-refractivity contribution in [2.75, 3.05) is 25.4 Å². The Morgan fingerprint density at radius 3 is 2.40 bits per heavy atom. The summed E-state index contributed by atoms with van der Waals surface area (Å²) in [5, 5.41) is 19.9. The second-order valence-corrected chi connectivity index (χ2v) is 12.1. The van der Waals surface area contributed by atoms with Crippen LogP contribution >= 0.6 is 0 Å². The van der Waals surface area contributed by atoms with Gasteiger partial charge in [-0.2, -0.15) is 5.26 Å². The van der Waals surface area contributed by atoms with E-state index in [1.54, 1.807) is 35.2 Å². The molecule has 12 heteroatoms. The molecule has 1 unspecified atom stereocenters. The molecule has 12 nitrogen and oxygen atoms in total. The normalized spacial score (nSPS) is 18.0. The quantitative estimate of drug-likeness (QED) is 0.227. The summed E-state index contributed by atoms with van der Waals surface area (Å²) in [6, 6.07) is 18.3. The number of likely N-dealkylation sites (tertiary alicyclic amines) is 2. The number of para-hydroxylation sites is 1. The lowest BCUT2D eigenvalue weighted by atomic mass is 9.93. The lowest BCUT2D eigenvalue weighted by Gasteiger charge is -2.42. The van der Waals surface area contributed by atoms with Crippen molar-refractivity contribution in [2.24, 2.45) is 0 Å². The van der Waals surface area contributed by atoms with E-state index in [0.717, 1.165) is 0 Å². The van der Waals surface area contributed by atoms with E-state index in [-0.39, 0.29) is 41.7 Å². The maximum absolute atomic E-state index is 13.9. The zero-order chi connectivity index (χ0) is 31.7. The Bertz CT molecular complexity index is 1830. The van der Waals surface area contributed by atoms with Crippen LogP contribution < -0.4 is 16.2 Å². The van der Waals surface area contributed by atoms with E-state index >= 15 is 0 Å². The van der Waals surface area contributed by atoms with Gasteiger partial charge in [-0.1, -0.05) is 18.2 Å². The molecular weight excluding hydrogens is 572 g/mol. The van der Waals surface area contributed by atoms with Crippen LogP contribution in [0.3, 0.4) is 0 Å². The summed E-state index contributed by atoms with van der Waals surface area (Å²) in [5.41, 5.74) is 6.74. The van der Waals surface area contributed by atoms with E-state index in [9.17, 15) is 20.0 Å². The van der Waals surface area contributed by atoms with Crippen LogP contribution in [0.25, 0.3) is 16.9 Å². The van der Waals surface area contributed by atoms with Crippen molar-refractivity contribution >= 4 is 22.9 Å². The molecule has 2 fully saturated rings. The third kappa shape index (κ3) is 5.92. The third-order valence-electron chi connectivity index (χ3n) is 8.73. The van der Waals surface area contributed by atoms with Crippen LogP contribution in [-0.4, -0.2) is 77.2 Å². The molecule has 0 bridgehead atoms. The number of rotatable bonds is 8. The Labute approximate surface area is 260 Å². The Morgan fingerprint density at radius 1 is 1.07 bits per heavy atom. The van der Waals surface area contributed by atoms with Gasteiger partial charge in [-0.15, -0.1) is 0 Å². The Balaban J connectivity index is 1.25. The summed E-state index contributed by atoms with van der Waals surface area (Å²) in [6.07, 6.45) is 4.70. The van der Waals surface area contributed by atoms with E-state index in [2.05, 4.69) is 20.9 Å². The molecule has 4 aromatic rings. The standard InChI is InChI=1S/C33H36N8O4/c1-33(2,38-15-13-25(42)14-16-38)18-22(19-34)31(43)39-17-12-24(39)20-40-30-28(29(35)36-21-37-30)41(32(40)44)23-8-10-27(11-9-23)45-26-6-4-3-5-7-26/h3-11,18,21,24-25,42H,12-17,20H2,1-2H3,(H2,35,36,37). The number of hydrogen-bond donors (Lipinski definition) is 2. The second kappa shape index (κ2) is 12.2. The summed E-state index contributed by atoms with van der Waals surface area (Å²) in [5.74, 6) is 1.10. The van der Waals surface area contributed by atoms with Gasteiger partial charge in [0.05, 0.1) is 17.8 Å². The summed E-state index contributed by atoms with van der Waals surface area (Å²) >= 11 is 0. The minimum absolute atomic E-state index is 0.0648. The van der Waals surface area contributed by atoms with Crippen LogP contribution in [0.2, 0.25) is 0 Å². The van der Waals surface area contributed by atoms with Crippen LogP contribution in [0.15, 0.2) is 77.4 Å². The van der Waals surface area contributed by atoms with Gasteiger partial charge in [-0.05, 0) is 75.6 Å². The molecule has 0 saturated carbocycles. The first kappa shape index (κ1) is 30.1. The van der Waals surface area contributed by atoms with Crippen LogP contribution in [-0.2, 0) is 11.3 Å². The molecular formula is C33H36N8O4. The fraction of sp³-hybridized carbons (Fsp3) is 0.364. The van der Waals surface area contributed by atoms with Gasteiger partial charge in [-0.25, -0.2) is 14.8 Å². The zero-order valence-electron chi connectivity index (χ0n) is 25.3. The molecule has 2 saturated heterocycles. The number of anilines is 1. The number of ether oxygens (including phenoxy) is 1. The minimum Gasteiger partial charge on any atom is -0.457 e. The van der Waals surface area contributed by atoms with Gasteiger partial charge in [-0.3, -0.25) is 18.8 Å².